The predicted octanol–water partition coefficient (Wildman–Crippen LogP) is 3.56. The Labute approximate surface area is 163 Å². The summed E-state index contributed by atoms with van der Waals surface area (Å²) < 4.78 is 5.44. The fourth-order valence-corrected chi connectivity index (χ4v) is 3.41. The fraction of sp³-hybridized carbons (Fsp3) is 0.636. The average Bonchev–Trinajstić information content (AvgIpc) is 2.67. The van der Waals surface area contributed by atoms with Crippen LogP contribution < -0.4 is 10.1 Å². The van der Waals surface area contributed by atoms with Gasteiger partial charge in [-0.15, -0.1) is 0 Å². The Morgan fingerprint density at radius 1 is 1.19 bits per heavy atom. The lowest BCUT2D eigenvalue weighted by molar-refractivity contribution is -0.132. The molecule has 1 N–H and O–H groups in total. The number of piperidine rings is 1. The van der Waals surface area contributed by atoms with E-state index in [1.165, 1.54) is 0 Å². The number of hydrogen-bond acceptors (Lipinski definition) is 3. The maximum absolute atomic E-state index is 12.5. The van der Waals surface area contributed by atoms with Crippen molar-refractivity contribution in [1.82, 2.24) is 10.2 Å². The molecule has 5 nitrogen and oxygen atoms in total. The van der Waals surface area contributed by atoms with Gasteiger partial charge in [0.25, 0.3) is 0 Å². The van der Waals surface area contributed by atoms with E-state index in [1.807, 2.05) is 43.0 Å². The third-order valence-corrected chi connectivity index (χ3v) is 5.32. The topological polar surface area (TPSA) is 58.6 Å². The lowest BCUT2D eigenvalue weighted by atomic mass is 9.92. The average molecular weight is 375 g/mol. The van der Waals surface area contributed by atoms with Crippen molar-refractivity contribution in [2.45, 2.75) is 65.3 Å². The van der Waals surface area contributed by atoms with Gasteiger partial charge in [-0.3, -0.25) is 9.59 Å². The second-order valence-electron chi connectivity index (χ2n) is 7.48. The summed E-state index contributed by atoms with van der Waals surface area (Å²) in [5.41, 5.74) is 1.16. The predicted molar refractivity (Wildman–Crippen MR) is 108 cm³/mol. The highest BCUT2D eigenvalue weighted by Crippen LogP contribution is 2.21. The smallest absolute Gasteiger partial charge is 0.222 e. The molecule has 27 heavy (non-hydrogen) atoms. The van der Waals surface area contributed by atoms with E-state index in [1.54, 1.807) is 0 Å². The molecule has 150 valence electrons. The first-order chi connectivity index (χ1) is 13.0. The summed E-state index contributed by atoms with van der Waals surface area (Å²) in [6.07, 6.45) is 4.66. The molecule has 1 aromatic carbocycles. The van der Waals surface area contributed by atoms with Gasteiger partial charge in [-0.05, 0) is 63.1 Å². The van der Waals surface area contributed by atoms with Gasteiger partial charge in [0.15, 0.2) is 0 Å². The third-order valence-electron chi connectivity index (χ3n) is 5.32. The number of carbonyl (C=O) groups is 2. The van der Waals surface area contributed by atoms with Gasteiger partial charge in [0, 0.05) is 32.0 Å². The van der Waals surface area contributed by atoms with Gasteiger partial charge in [0.2, 0.25) is 11.8 Å². The normalized spacial score (nSPS) is 16.0. The Kier molecular flexibility index (Phi) is 8.62. The molecule has 0 radical (unpaired) electrons. The van der Waals surface area contributed by atoms with Crippen LogP contribution in [0.3, 0.4) is 0 Å². The monoisotopic (exact) mass is 374 g/mol. The van der Waals surface area contributed by atoms with Crippen LogP contribution in [-0.2, 0) is 16.0 Å². The first-order valence-electron chi connectivity index (χ1n) is 10.3. The number of aryl methyl sites for hydroxylation is 1. The molecular formula is C22H34N2O3. The van der Waals surface area contributed by atoms with E-state index in [0.29, 0.717) is 25.4 Å². The van der Waals surface area contributed by atoms with Crippen molar-refractivity contribution in [3.05, 3.63) is 29.8 Å². The van der Waals surface area contributed by atoms with E-state index in [9.17, 15) is 9.59 Å². The van der Waals surface area contributed by atoms with Crippen LogP contribution in [-0.4, -0.2) is 42.5 Å². The number of carbonyl (C=O) groups excluding carboxylic acids is 2. The molecule has 1 aromatic rings. The molecule has 1 aliphatic rings. The number of benzene rings is 1. The second-order valence-corrected chi connectivity index (χ2v) is 7.48. The van der Waals surface area contributed by atoms with Crippen LogP contribution >= 0.6 is 0 Å². The van der Waals surface area contributed by atoms with Gasteiger partial charge in [-0.25, -0.2) is 0 Å². The van der Waals surface area contributed by atoms with Gasteiger partial charge in [-0.1, -0.05) is 19.1 Å². The largest absolute Gasteiger partial charge is 0.494 e. The van der Waals surface area contributed by atoms with Gasteiger partial charge in [0.05, 0.1) is 6.61 Å². The Morgan fingerprint density at radius 2 is 1.85 bits per heavy atom. The van der Waals surface area contributed by atoms with Gasteiger partial charge in [0.1, 0.15) is 5.75 Å². The minimum Gasteiger partial charge on any atom is -0.494 e. The Hall–Kier alpha value is -2.04. The lowest BCUT2D eigenvalue weighted by Crippen LogP contribution is -2.40. The molecular weight excluding hydrogens is 340 g/mol. The summed E-state index contributed by atoms with van der Waals surface area (Å²) in [4.78, 5) is 26.5. The number of ether oxygens (including phenoxy) is 1. The number of likely N-dealkylation sites (tertiary alicyclic amines) is 1. The Balaban J connectivity index is 1.69. The molecule has 2 rings (SSSR count). The van der Waals surface area contributed by atoms with Crippen molar-refractivity contribution in [2.24, 2.45) is 5.92 Å². The van der Waals surface area contributed by atoms with Crippen LogP contribution in [0.2, 0.25) is 0 Å². The van der Waals surface area contributed by atoms with Crippen LogP contribution in [0, 0.1) is 5.92 Å². The maximum atomic E-state index is 12.5. The quantitative estimate of drug-likeness (QED) is 0.719. The van der Waals surface area contributed by atoms with Gasteiger partial charge >= 0.3 is 0 Å². The molecule has 2 amide bonds. The van der Waals surface area contributed by atoms with Crippen LogP contribution in [0.5, 0.6) is 5.75 Å². The van der Waals surface area contributed by atoms with E-state index < -0.39 is 0 Å². The summed E-state index contributed by atoms with van der Waals surface area (Å²) in [6.45, 7) is 8.26. The maximum Gasteiger partial charge on any atom is 0.222 e. The molecule has 1 heterocycles. The molecule has 5 heteroatoms. The number of rotatable bonds is 9. The highest BCUT2D eigenvalue weighted by molar-refractivity contribution is 5.77. The minimum absolute atomic E-state index is 0.143. The number of nitrogens with one attached hydrogen (secondary N) is 1. The van der Waals surface area contributed by atoms with Crippen molar-refractivity contribution in [3.8, 4) is 5.75 Å². The lowest BCUT2D eigenvalue weighted by Gasteiger charge is -2.32. The third kappa shape index (κ3) is 7.24. The number of nitrogens with zero attached hydrogens (tertiary/aromatic N) is 1. The molecule has 1 aliphatic heterocycles. The van der Waals surface area contributed by atoms with Crippen LogP contribution in [0.25, 0.3) is 0 Å². The molecule has 0 aromatic heterocycles. The Bertz CT molecular complexity index is 592. The second kappa shape index (κ2) is 11.0. The van der Waals surface area contributed by atoms with Crippen molar-refractivity contribution in [2.75, 3.05) is 19.7 Å². The van der Waals surface area contributed by atoms with Crippen molar-refractivity contribution >= 4 is 11.8 Å². The van der Waals surface area contributed by atoms with Crippen LogP contribution in [0.15, 0.2) is 24.3 Å². The van der Waals surface area contributed by atoms with Crippen LogP contribution in [0.4, 0.5) is 0 Å². The SMILES string of the molecule is CCOc1ccc(CCC(=O)N2CCC(CC(=O)N[C@H](C)CC)CC2)cc1. The van der Waals surface area contributed by atoms with Gasteiger partial charge < -0.3 is 15.0 Å². The molecule has 1 saturated heterocycles. The zero-order chi connectivity index (χ0) is 19.6. The van der Waals surface area contributed by atoms with E-state index in [2.05, 4.69) is 12.2 Å². The van der Waals surface area contributed by atoms with Crippen molar-refractivity contribution in [1.29, 1.82) is 0 Å². The molecule has 0 spiro atoms. The number of amides is 2. The van der Waals surface area contributed by atoms with E-state index >= 15 is 0 Å². The first kappa shape index (κ1) is 21.3. The molecule has 1 fully saturated rings. The van der Waals surface area contributed by atoms with E-state index in [-0.39, 0.29) is 17.9 Å². The zero-order valence-electron chi connectivity index (χ0n) is 17.0. The molecule has 0 saturated carbocycles. The first-order valence-corrected chi connectivity index (χ1v) is 10.3. The Morgan fingerprint density at radius 3 is 2.44 bits per heavy atom. The molecule has 0 bridgehead atoms. The summed E-state index contributed by atoms with van der Waals surface area (Å²) in [7, 11) is 0. The van der Waals surface area contributed by atoms with Crippen molar-refractivity contribution < 1.29 is 14.3 Å². The summed E-state index contributed by atoms with van der Waals surface area (Å²) in [5.74, 6) is 1.62. The number of hydrogen-bond donors (Lipinski definition) is 1. The summed E-state index contributed by atoms with van der Waals surface area (Å²) >= 11 is 0. The molecule has 0 unspecified atom stereocenters. The fourth-order valence-electron chi connectivity index (χ4n) is 3.41. The summed E-state index contributed by atoms with van der Waals surface area (Å²) in [6, 6.07) is 8.21. The van der Waals surface area contributed by atoms with E-state index in [4.69, 9.17) is 4.74 Å². The standard InChI is InChI=1S/C22H34N2O3/c1-4-17(3)23-21(25)16-19-12-14-24(15-13-19)22(26)11-8-18-6-9-20(10-7-18)27-5-2/h6-7,9-10,17,19H,4-5,8,11-16H2,1-3H3,(H,23,25)/t17-/m1/s1. The minimum atomic E-state index is 0.143. The van der Waals surface area contributed by atoms with Crippen molar-refractivity contribution in [3.63, 3.8) is 0 Å². The highest BCUT2D eigenvalue weighted by atomic mass is 16.5. The zero-order valence-corrected chi connectivity index (χ0v) is 17.0. The van der Waals surface area contributed by atoms with E-state index in [0.717, 1.165) is 50.1 Å². The van der Waals surface area contributed by atoms with Crippen LogP contribution in [0.1, 0.15) is 58.4 Å². The highest BCUT2D eigenvalue weighted by Gasteiger charge is 2.24. The summed E-state index contributed by atoms with van der Waals surface area (Å²) in [5, 5.41) is 3.03. The van der Waals surface area contributed by atoms with Gasteiger partial charge in [-0.2, -0.15) is 0 Å². The molecule has 1 atom stereocenters. The molecule has 0 aliphatic carbocycles.